The Balaban J connectivity index is 1.85. The quantitative estimate of drug-likeness (QED) is 0.639. The molecule has 0 aromatic heterocycles. The Kier molecular flexibility index (Phi) is 6.21. The van der Waals surface area contributed by atoms with Gasteiger partial charge in [0.2, 0.25) is 0 Å². The summed E-state index contributed by atoms with van der Waals surface area (Å²) in [5, 5.41) is 8.47. The fourth-order valence-corrected chi connectivity index (χ4v) is 3.88. The average molecular weight is 462 g/mol. The topological polar surface area (TPSA) is 83.9 Å². The Hall–Kier alpha value is -2.58. The first kappa shape index (κ1) is 20.2. The molecule has 1 saturated heterocycles. The first-order chi connectivity index (χ1) is 13.3. The van der Waals surface area contributed by atoms with Crippen LogP contribution >= 0.6 is 27.7 Å². The summed E-state index contributed by atoms with van der Waals surface area (Å²) in [6.45, 7) is 1.64. The number of nitrogens with zero attached hydrogens (tertiary/aromatic N) is 1. The van der Waals surface area contributed by atoms with Crippen LogP contribution in [0.5, 0.6) is 5.75 Å². The number of aryl methyl sites for hydroxylation is 1. The van der Waals surface area contributed by atoms with E-state index in [0.29, 0.717) is 11.3 Å². The van der Waals surface area contributed by atoms with Crippen molar-refractivity contribution < 1.29 is 24.2 Å². The summed E-state index contributed by atoms with van der Waals surface area (Å²) in [6.07, 6.45) is 1.54. The van der Waals surface area contributed by atoms with Crippen LogP contribution in [0, 0.1) is 6.92 Å². The zero-order valence-electron chi connectivity index (χ0n) is 14.8. The number of aliphatic carboxylic acids is 1. The van der Waals surface area contributed by atoms with Crippen molar-refractivity contribution in [2.75, 3.05) is 6.61 Å². The van der Waals surface area contributed by atoms with Gasteiger partial charge in [-0.2, -0.15) is 0 Å². The molecule has 1 fully saturated rings. The largest absolute Gasteiger partial charge is 0.481 e. The Morgan fingerprint density at radius 3 is 2.75 bits per heavy atom. The number of thioether (sulfide) groups is 1. The molecule has 6 nitrogen and oxygen atoms in total. The Bertz CT molecular complexity index is 988. The molecule has 0 bridgehead atoms. The number of benzene rings is 2. The predicted molar refractivity (Wildman–Crippen MR) is 110 cm³/mol. The van der Waals surface area contributed by atoms with Crippen LogP contribution in [-0.4, -0.2) is 33.7 Å². The fraction of sp³-hybridized carbons (Fsp3) is 0.150. The second kappa shape index (κ2) is 8.62. The van der Waals surface area contributed by atoms with Crippen molar-refractivity contribution in [3.05, 3.63) is 68.5 Å². The number of carboxylic acids is 1. The first-order valence-corrected chi connectivity index (χ1v) is 9.89. The van der Waals surface area contributed by atoms with Crippen molar-refractivity contribution in [1.29, 1.82) is 0 Å². The normalized spacial score (nSPS) is 15.4. The van der Waals surface area contributed by atoms with Gasteiger partial charge < -0.3 is 9.84 Å². The first-order valence-electron chi connectivity index (χ1n) is 8.28. The molecule has 0 unspecified atom stereocenters. The zero-order valence-corrected chi connectivity index (χ0v) is 17.2. The summed E-state index contributed by atoms with van der Waals surface area (Å²) < 4.78 is 6.01. The minimum atomic E-state index is -1.10. The summed E-state index contributed by atoms with van der Waals surface area (Å²) >= 11 is 4.20. The van der Waals surface area contributed by atoms with Crippen LogP contribution in [0.15, 0.2) is 51.8 Å². The van der Waals surface area contributed by atoms with Gasteiger partial charge in [-0.1, -0.05) is 45.8 Å². The highest BCUT2D eigenvalue weighted by Gasteiger charge is 2.35. The number of carboxylic acid groups (broad SMARTS) is 1. The molecular formula is C20H16BrNO5S. The molecule has 28 heavy (non-hydrogen) atoms. The number of amides is 2. The SMILES string of the molecule is Cc1cccc(CN2C(=O)S/C(=C/c3cc(Br)ccc3OCC(=O)O)C2=O)c1. The number of rotatable bonds is 6. The van der Waals surface area contributed by atoms with Gasteiger partial charge in [-0.3, -0.25) is 14.5 Å². The highest BCUT2D eigenvalue weighted by molar-refractivity contribution is 9.10. The van der Waals surface area contributed by atoms with Crippen LogP contribution in [0.3, 0.4) is 0 Å². The molecule has 0 aliphatic carbocycles. The second-order valence-corrected chi connectivity index (χ2v) is 8.03. The molecule has 2 aromatic carbocycles. The summed E-state index contributed by atoms with van der Waals surface area (Å²) in [7, 11) is 0. The summed E-state index contributed by atoms with van der Waals surface area (Å²) in [5.41, 5.74) is 2.43. The van der Waals surface area contributed by atoms with Crippen molar-refractivity contribution in [2.24, 2.45) is 0 Å². The highest BCUT2D eigenvalue weighted by Crippen LogP contribution is 2.35. The molecule has 2 amide bonds. The minimum absolute atomic E-state index is 0.199. The minimum Gasteiger partial charge on any atom is -0.481 e. The van der Waals surface area contributed by atoms with E-state index in [1.807, 2.05) is 31.2 Å². The van der Waals surface area contributed by atoms with Crippen molar-refractivity contribution in [3.63, 3.8) is 0 Å². The van der Waals surface area contributed by atoms with Crippen molar-refractivity contribution in [3.8, 4) is 5.75 Å². The number of hydrogen-bond acceptors (Lipinski definition) is 5. The van der Waals surface area contributed by atoms with Gasteiger partial charge in [0.25, 0.3) is 11.1 Å². The van der Waals surface area contributed by atoms with Crippen molar-refractivity contribution >= 4 is 50.9 Å². The van der Waals surface area contributed by atoms with Crippen molar-refractivity contribution in [2.45, 2.75) is 13.5 Å². The van der Waals surface area contributed by atoms with E-state index in [4.69, 9.17) is 9.84 Å². The molecule has 2 aromatic rings. The van der Waals surface area contributed by atoms with Crippen LogP contribution in [0.25, 0.3) is 6.08 Å². The van der Waals surface area contributed by atoms with E-state index in [2.05, 4.69) is 15.9 Å². The summed E-state index contributed by atoms with van der Waals surface area (Å²) in [6, 6.07) is 12.6. The third kappa shape index (κ3) is 4.82. The summed E-state index contributed by atoms with van der Waals surface area (Å²) in [5.74, 6) is -1.18. The molecule has 144 valence electrons. The third-order valence-corrected chi connectivity index (χ3v) is 5.31. The van der Waals surface area contributed by atoms with Gasteiger partial charge in [-0.25, -0.2) is 4.79 Å². The lowest BCUT2D eigenvalue weighted by atomic mass is 10.1. The van der Waals surface area contributed by atoms with Gasteiger partial charge >= 0.3 is 5.97 Å². The maximum Gasteiger partial charge on any atom is 0.341 e. The summed E-state index contributed by atoms with van der Waals surface area (Å²) in [4.78, 5) is 37.3. The van der Waals surface area contributed by atoms with Gasteiger partial charge in [0.05, 0.1) is 11.4 Å². The lowest BCUT2D eigenvalue weighted by Gasteiger charge is -2.13. The Labute approximate surface area is 174 Å². The molecule has 1 aliphatic rings. The van der Waals surface area contributed by atoms with Gasteiger partial charge in [-0.05, 0) is 48.5 Å². The second-order valence-electron chi connectivity index (χ2n) is 6.12. The van der Waals surface area contributed by atoms with Gasteiger partial charge in [0.1, 0.15) is 5.75 Å². The van der Waals surface area contributed by atoms with Crippen LogP contribution in [-0.2, 0) is 16.1 Å². The van der Waals surface area contributed by atoms with Gasteiger partial charge in [0.15, 0.2) is 6.61 Å². The van der Waals surface area contributed by atoms with Gasteiger partial charge in [-0.15, -0.1) is 0 Å². The molecule has 0 radical (unpaired) electrons. The van der Waals surface area contributed by atoms with Crippen LogP contribution in [0.4, 0.5) is 4.79 Å². The average Bonchev–Trinajstić information content (AvgIpc) is 2.88. The van der Waals surface area contributed by atoms with E-state index in [0.717, 1.165) is 27.4 Å². The number of ether oxygens (including phenoxy) is 1. The van der Waals surface area contributed by atoms with E-state index >= 15 is 0 Å². The van der Waals surface area contributed by atoms with Crippen LogP contribution in [0.2, 0.25) is 0 Å². The monoisotopic (exact) mass is 461 g/mol. The number of hydrogen-bond donors (Lipinski definition) is 1. The van der Waals surface area contributed by atoms with Crippen molar-refractivity contribution in [1.82, 2.24) is 4.90 Å². The zero-order chi connectivity index (χ0) is 20.3. The van der Waals surface area contributed by atoms with Crippen LogP contribution < -0.4 is 4.74 Å². The molecule has 1 N–H and O–H groups in total. The maximum absolute atomic E-state index is 12.7. The molecule has 3 rings (SSSR count). The number of imide groups is 1. The smallest absolute Gasteiger partial charge is 0.341 e. The molecular weight excluding hydrogens is 446 g/mol. The molecule has 8 heteroatoms. The van der Waals surface area contributed by atoms with Gasteiger partial charge in [0, 0.05) is 10.0 Å². The maximum atomic E-state index is 12.7. The van der Waals surface area contributed by atoms with E-state index in [9.17, 15) is 14.4 Å². The molecule has 0 saturated carbocycles. The Morgan fingerprint density at radius 1 is 1.25 bits per heavy atom. The fourth-order valence-electron chi connectivity index (χ4n) is 2.67. The molecule has 0 spiro atoms. The lowest BCUT2D eigenvalue weighted by Crippen LogP contribution is -2.27. The van der Waals surface area contributed by atoms with Crippen LogP contribution in [0.1, 0.15) is 16.7 Å². The number of carbonyl (C=O) groups excluding carboxylic acids is 2. The highest BCUT2D eigenvalue weighted by atomic mass is 79.9. The Morgan fingerprint density at radius 2 is 2.04 bits per heavy atom. The third-order valence-electron chi connectivity index (χ3n) is 3.91. The molecule has 1 heterocycles. The number of carbonyl (C=O) groups is 3. The molecule has 1 aliphatic heterocycles. The van der Waals surface area contributed by atoms with E-state index in [1.165, 1.54) is 4.90 Å². The van der Waals surface area contributed by atoms with E-state index < -0.39 is 12.6 Å². The standard InChI is InChI=1S/C20H16BrNO5S/c1-12-3-2-4-13(7-12)10-22-19(25)17(28-20(22)26)9-14-8-15(21)5-6-16(14)27-11-18(23)24/h2-9H,10-11H2,1H3,(H,23,24)/b17-9+. The van der Waals surface area contributed by atoms with E-state index in [1.54, 1.807) is 24.3 Å². The van der Waals surface area contributed by atoms with E-state index in [-0.39, 0.29) is 22.6 Å². The predicted octanol–water partition coefficient (Wildman–Crippen LogP) is 4.46. The molecule has 0 atom stereocenters. The number of halogens is 1. The lowest BCUT2D eigenvalue weighted by molar-refractivity contribution is -0.139.